The molecule has 7 nitrogen and oxygen atoms in total. The molecular weight excluding hydrogens is 330 g/mol. The summed E-state index contributed by atoms with van der Waals surface area (Å²) in [5, 5.41) is 10.3. The van der Waals surface area contributed by atoms with Gasteiger partial charge in [-0.1, -0.05) is 36.4 Å². The molecule has 1 amide bonds. The molecule has 0 heterocycles. The fourth-order valence-electron chi connectivity index (χ4n) is 2.30. The third-order valence-corrected chi connectivity index (χ3v) is 3.77. The van der Waals surface area contributed by atoms with E-state index in [9.17, 15) is 9.90 Å². The maximum atomic E-state index is 12.1. The van der Waals surface area contributed by atoms with Crippen molar-refractivity contribution < 1.29 is 9.90 Å². The van der Waals surface area contributed by atoms with Gasteiger partial charge in [0.25, 0.3) is 5.91 Å². The van der Waals surface area contributed by atoms with Gasteiger partial charge in [0.15, 0.2) is 17.4 Å². The van der Waals surface area contributed by atoms with Crippen molar-refractivity contribution in [2.45, 2.75) is 13.0 Å². The van der Waals surface area contributed by atoms with Crippen LogP contribution in [0.2, 0.25) is 0 Å². The molecule has 0 fully saturated rings. The van der Waals surface area contributed by atoms with Crippen LogP contribution in [0.5, 0.6) is 5.75 Å². The van der Waals surface area contributed by atoms with Crippen molar-refractivity contribution >= 4 is 23.3 Å². The zero-order valence-electron chi connectivity index (χ0n) is 15.0. The average Bonchev–Trinajstić information content (AvgIpc) is 2.63. The summed E-state index contributed by atoms with van der Waals surface area (Å²) in [7, 11) is 3.20. The summed E-state index contributed by atoms with van der Waals surface area (Å²) in [6.45, 7) is 1.89. The second-order valence-electron chi connectivity index (χ2n) is 5.97. The third kappa shape index (κ3) is 4.38. The molecule has 0 radical (unpaired) electrons. The van der Waals surface area contributed by atoms with Crippen molar-refractivity contribution in [3.63, 3.8) is 0 Å². The van der Waals surface area contributed by atoms with Gasteiger partial charge in [0.1, 0.15) is 5.69 Å². The highest BCUT2D eigenvalue weighted by Crippen LogP contribution is 2.30. The molecule has 136 valence electrons. The van der Waals surface area contributed by atoms with E-state index in [1.54, 1.807) is 26.2 Å². The molecular formula is C19H23N5O2. The molecule has 1 atom stereocenters. The lowest BCUT2D eigenvalue weighted by atomic mass is 10.1. The Balaban J connectivity index is 2.30. The summed E-state index contributed by atoms with van der Waals surface area (Å²) in [6.07, 6.45) is 0. The molecule has 2 rings (SSSR count). The number of nitrogens with two attached hydrogens (primary N) is 2. The Labute approximate surface area is 152 Å². The van der Waals surface area contributed by atoms with Gasteiger partial charge in [-0.2, -0.15) is 0 Å². The van der Waals surface area contributed by atoms with Gasteiger partial charge < -0.3 is 21.5 Å². The first-order valence-electron chi connectivity index (χ1n) is 8.07. The molecule has 7 heteroatoms. The normalized spacial score (nSPS) is 13.3. The van der Waals surface area contributed by atoms with Gasteiger partial charge in [0.2, 0.25) is 0 Å². The number of phenolic OH excluding ortho intramolecular Hbond substituents is 1. The Morgan fingerprint density at radius 2 is 1.69 bits per heavy atom. The number of benzene rings is 2. The number of para-hydroxylation sites is 1. The molecule has 0 aliphatic rings. The summed E-state index contributed by atoms with van der Waals surface area (Å²) in [5.74, 6) is -0.557. The van der Waals surface area contributed by atoms with Gasteiger partial charge in [0.05, 0.1) is 11.6 Å². The monoisotopic (exact) mass is 353 g/mol. The topological polar surface area (TPSA) is 117 Å². The predicted octanol–water partition coefficient (Wildman–Crippen LogP) is 2.20. The van der Waals surface area contributed by atoms with E-state index in [4.69, 9.17) is 11.5 Å². The van der Waals surface area contributed by atoms with Crippen LogP contribution in [-0.4, -0.2) is 41.7 Å². The number of rotatable bonds is 4. The molecule has 0 saturated heterocycles. The van der Waals surface area contributed by atoms with Gasteiger partial charge in [0, 0.05) is 14.1 Å². The van der Waals surface area contributed by atoms with Gasteiger partial charge in [-0.05, 0) is 24.6 Å². The molecule has 0 aliphatic carbocycles. The zero-order valence-corrected chi connectivity index (χ0v) is 15.0. The van der Waals surface area contributed by atoms with E-state index < -0.39 is 0 Å². The van der Waals surface area contributed by atoms with Crippen LogP contribution in [0.1, 0.15) is 28.9 Å². The number of aliphatic imine (C=N–C) groups is 2. The van der Waals surface area contributed by atoms with Crippen LogP contribution < -0.4 is 11.5 Å². The van der Waals surface area contributed by atoms with Crippen LogP contribution in [0.15, 0.2) is 58.5 Å². The largest absolute Gasteiger partial charge is 0.505 e. The van der Waals surface area contributed by atoms with Crippen molar-refractivity contribution in [3.05, 3.63) is 59.7 Å². The fraction of sp³-hybridized carbons (Fsp3) is 0.211. The van der Waals surface area contributed by atoms with E-state index in [1.807, 2.05) is 37.3 Å². The number of hydrogen-bond donors (Lipinski definition) is 3. The summed E-state index contributed by atoms with van der Waals surface area (Å²) in [6, 6.07) is 14.1. The maximum absolute atomic E-state index is 12.1. The lowest BCUT2D eigenvalue weighted by Crippen LogP contribution is -2.31. The number of carbonyl (C=O) groups is 1. The van der Waals surface area contributed by atoms with Crippen molar-refractivity contribution in [2.75, 3.05) is 14.1 Å². The van der Waals surface area contributed by atoms with Gasteiger partial charge in [-0.3, -0.25) is 9.79 Å². The Kier molecular flexibility index (Phi) is 5.95. The Bertz CT molecular complexity index is 844. The minimum absolute atomic E-state index is 0.0301. The van der Waals surface area contributed by atoms with E-state index in [2.05, 4.69) is 9.98 Å². The molecule has 0 unspecified atom stereocenters. The van der Waals surface area contributed by atoms with Crippen LogP contribution >= 0.6 is 0 Å². The second kappa shape index (κ2) is 8.15. The second-order valence-corrected chi connectivity index (χ2v) is 5.97. The molecule has 0 aliphatic heterocycles. The average molecular weight is 353 g/mol. The lowest BCUT2D eigenvalue weighted by Gasteiger charge is -2.12. The van der Waals surface area contributed by atoms with E-state index in [-0.39, 0.29) is 40.6 Å². The van der Waals surface area contributed by atoms with E-state index in [0.29, 0.717) is 0 Å². The van der Waals surface area contributed by atoms with Gasteiger partial charge in [-0.25, -0.2) is 4.99 Å². The molecule has 26 heavy (non-hydrogen) atoms. The highest BCUT2D eigenvalue weighted by atomic mass is 16.3. The first-order valence-corrected chi connectivity index (χ1v) is 8.07. The number of carbonyl (C=O) groups excluding carboxylic acids is 1. The van der Waals surface area contributed by atoms with Crippen LogP contribution in [0.25, 0.3) is 0 Å². The number of nitrogens with zero attached hydrogens (tertiary/aromatic N) is 3. The van der Waals surface area contributed by atoms with Crippen molar-refractivity contribution in [3.8, 4) is 5.75 Å². The Morgan fingerprint density at radius 3 is 2.31 bits per heavy atom. The number of amidine groups is 2. The lowest BCUT2D eigenvalue weighted by molar-refractivity contribution is 0.0824. The van der Waals surface area contributed by atoms with Crippen molar-refractivity contribution in [1.29, 1.82) is 0 Å². The third-order valence-electron chi connectivity index (χ3n) is 3.77. The first kappa shape index (κ1) is 19.0. The first-order chi connectivity index (χ1) is 12.3. The highest BCUT2D eigenvalue weighted by Gasteiger charge is 2.16. The smallest absolute Gasteiger partial charge is 0.257 e. The van der Waals surface area contributed by atoms with Crippen LogP contribution in [-0.2, 0) is 0 Å². The number of amides is 1. The van der Waals surface area contributed by atoms with Crippen molar-refractivity contribution in [2.24, 2.45) is 21.5 Å². The van der Waals surface area contributed by atoms with Gasteiger partial charge >= 0.3 is 0 Å². The van der Waals surface area contributed by atoms with Crippen LogP contribution in [0, 0.1) is 0 Å². The predicted molar refractivity (Wildman–Crippen MR) is 104 cm³/mol. The standard InChI is InChI=1S/C19H23N5O2/c1-12(13-8-5-4-6-9-13)22-17(20)18(21)23-15-11-7-10-14(16(15)25)19(26)24(2)3/h4-12,25H,1-3H3,(H2,20,22)(H2,21,23)/t12-/m1/s1. The molecule has 0 saturated carbocycles. The summed E-state index contributed by atoms with van der Waals surface area (Å²) in [5.41, 5.74) is 13.1. The Hall–Kier alpha value is -3.35. The quantitative estimate of drug-likeness (QED) is 0.577. The maximum Gasteiger partial charge on any atom is 0.257 e. The molecule has 2 aromatic carbocycles. The van der Waals surface area contributed by atoms with Crippen LogP contribution in [0.3, 0.4) is 0 Å². The van der Waals surface area contributed by atoms with Crippen molar-refractivity contribution in [1.82, 2.24) is 4.90 Å². The molecule has 5 N–H and O–H groups in total. The molecule has 2 aromatic rings. The molecule has 0 spiro atoms. The molecule has 0 bridgehead atoms. The number of aromatic hydroxyl groups is 1. The minimum Gasteiger partial charge on any atom is -0.505 e. The summed E-state index contributed by atoms with van der Waals surface area (Å²) >= 11 is 0. The Morgan fingerprint density at radius 1 is 1.04 bits per heavy atom. The van der Waals surface area contributed by atoms with E-state index >= 15 is 0 Å². The van der Waals surface area contributed by atoms with Gasteiger partial charge in [-0.15, -0.1) is 0 Å². The molecule has 0 aromatic heterocycles. The fourth-order valence-corrected chi connectivity index (χ4v) is 2.30. The SMILES string of the molecule is C[C@@H](N=C(N)C(N)=Nc1cccc(C(=O)N(C)C)c1O)c1ccccc1. The van der Waals surface area contributed by atoms with E-state index in [0.717, 1.165) is 5.56 Å². The number of phenols is 1. The van der Waals surface area contributed by atoms with E-state index in [1.165, 1.54) is 11.0 Å². The number of hydrogen-bond acceptors (Lipinski definition) is 4. The summed E-state index contributed by atoms with van der Waals surface area (Å²) < 4.78 is 0. The van der Waals surface area contributed by atoms with Crippen LogP contribution in [0.4, 0.5) is 5.69 Å². The highest BCUT2D eigenvalue weighted by molar-refractivity contribution is 6.39. The zero-order chi connectivity index (χ0) is 19.3. The minimum atomic E-state index is -0.336. The summed E-state index contributed by atoms with van der Waals surface area (Å²) in [4.78, 5) is 21.9.